The van der Waals surface area contributed by atoms with E-state index in [1.54, 1.807) is 30.3 Å². The molecule has 17 heavy (non-hydrogen) atoms. The van der Waals surface area contributed by atoms with Crippen LogP contribution in [0.1, 0.15) is 33.5 Å². The normalized spacial score (nSPS) is 10.2. The van der Waals surface area contributed by atoms with E-state index in [2.05, 4.69) is 10.2 Å². The fourth-order valence-corrected chi connectivity index (χ4v) is 1.47. The summed E-state index contributed by atoms with van der Waals surface area (Å²) in [5.41, 5.74) is 0.229. The number of H-pyrrole nitrogens is 1. The number of hydrogen-bond acceptors (Lipinski definition) is 4. The minimum atomic E-state index is -0.400. The molecule has 1 heterocycles. The number of hydrogen-bond donors (Lipinski definition) is 2. The Morgan fingerprint density at radius 1 is 1.24 bits per heavy atom. The number of carbonyl (C=O) groups is 2. The molecule has 2 rings (SSSR count). The Morgan fingerprint density at radius 2 is 1.88 bits per heavy atom. The van der Waals surface area contributed by atoms with E-state index in [9.17, 15) is 14.7 Å². The molecular formula is C12H10N2O3. The number of nitrogens with one attached hydrogen (secondary N) is 1. The zero-order valence-electron chi connectivity index (χ0n) is 9.10. The Morgan fingerprint density at radius 3 is 2.41 bits per heavy atom. The summed E-state index contributed by atoms with van der Waals surface area (Å²) in [6.07, 6.45) is 0. The van der Waals surface area contributed by atoms with Crippen LogP contribution in [-0.2, 0) is 0 Å². The summed E-state index contributed by atoms with van der Waals surface area (Å²) in [7, 11) is 0. The van der Waals surface area contributed by atoms with Gasteiger partial charge in [0.05, 0.1) is 0 Å². The summed E-state index contributed by atoms with van der Waals surface area (Å²) < 4.78 is 0. The van der Waals surface area contributed by atoms with Crippen LogP contribution in [0.4, 0.5) is 0 Å². The van der Waals surface area contributed by atoms with Gasteiger partial charge in [-0.05, 0) is 0 Å². The first kappa shape index (κ1) is 11.1. The summed E-state index contributed by atoms with van der Waals surface area (Å²) in [6.45, 7) is 1.27. The first-order chi connectivity index (χ1) is 8.11. The highest BCUT2D eigenvalue weighted by molar-refractivity contribution is 6.11. The summed E-state index contributed by atoms with van der Waals surface area (Å²) in [6, 6.07) is 8.45. The number of rotatable bonds is 3. The highest BCUT2D eigenvalue weighted by atomic mass is 16.3. The average Bonchev–Trinajstić information content (AvgIpc) is 2.71. The molecule has 5 heteroatoms. The third-order valence-corrected chi connectivity index (χ3v) is 2.34. The number of nitrogens with zero attached hydrogens (tertiary/aromatic N) is 1. The quantitative estimate of drug-likeness (QED) is 0.783. The minimum Gasteiger partial charge on any atom is -0.504 e. The van der Waals surface area contributed by atoms with Gasteiger partial charge >= 0.3 is 0 Å². The number of ketones is 2. The predicted molar refractivity (Wildman–Crippen MR) is 60.1 cm³/mol. The van der Waals surface area contributed by atoms with E-state index in [1.807, 2.05) is 0 Å². The van der Waals surface area contributed by atoms with Crippen LogP contribution in [0.25, 0.3) is 0 Å². The molecule has 0 radical (unpaired) electrons. The number of Topliss-reactive ketones (excluding diaryl/α,β-unsaturated/α-hetero) is 1. The van der Waals surface area contributed by atoms with E-state index < -0.39 is 17.3 Å². The molecule has 0 unspecified atom stereocenters. The maximum Gasteiger partial charge on any atom is 0.214 e. The Hall–Kier alpha value is -2.43. The largest absolute Gasteiger partial charge is 0.504 e. The lowest BCUT2D eigenvalue weighted by Gasteiger charge is -1.98. The molecule has 1 aromatic carbocycles. The van der Waals surface area contributed by atoms with Gasteiger partial charge in [0, 0.05) is 12.5 Å². The summed E-state index contributed by atoms with van der Waals surface area (Å²) in [4.78, 5) is 23.0. The first-order valence-electron chi connectivity index (χ1n) is 4.99. The van der Waals surface area contributed by atoms with Crippen molar-refractivity contribution in [2.75, 3.05) is 0 Å². The van der Waals surface area contributed by atoms with E-state index >= 15 is 0 Å². The topological polar surface area (TPSA) is 83.0 Å². The van der Waals surface area contributed by atoms with Gasteiger partial charge in [0.25, 0.3) is 0 Å². The predicted octanol–water partition coefficient (Wildman–Crippen LogP) is 1.55. The first-order valence-corrected chi connectivity index (χ1v) is 4.99. The van der Waals surface area contributed by atoms with Crippen molar-refractivity contribution in [3.63, 3.8) is 0 Å². The Kier molecular flexibility index (Phi) is 2.74. The number of aromatic hydroxyl groups is 1. The second-order valence-corrected chi connectivity index (χ2v) is 3.55. The van der Waals surface area contributed by atoms with Crippen LogP contribution in [-0.4, -0.2) is 26.9 Å². The van der Waals surface area contributed by atoms with Crippen LogP contribution < -0.4 is 0 Å². The maximum absolute atomic E-state index is 12.0. The second-order valence-electron chi connectivity index (χ2n) is 3.55. The van der Waals surface area contributed by atoms with E-state index in [-0.39, 0.29) is 11.4 Å². The molecule has 2 N–H and O–H groups in total. The second kappa shape index (κ2) is 4.21. The van der Waals surface area contributed by atoms with Gasteiger partial charge in [0.1, 0.15) is 5.69 Å². The molecule has 0 atom stereocenters. The SMILES string of the molecule is CC(=O)c1n[nH]c(C(=O)c2ccccc2)c1O. The monoisotopic (exact) mass is 230 g/mol. The van der Waals surface area contributed by atoms with E-state index in [0.29, 0.717) is 5.56 Å². The minimum absolute atomic E-state index is 0.0681. The lowest BCUT2D eigenvalue weighted by atomic mass is 10.1. The molecule has 0 saturated carbocycles. The zero-order chi connectivity index (χ0) is 12.4. The van der Waals surface area contributed by atoms with Gasteiger partial charge in [-0.25, -0.2) is 0 Å². The van der Waals surface area contributed by atoms with Gasteiger partial charge < -0.3 is 5.11 Å². The summed E-state index contributed by atoms with van der Waals surface area (Å²) >= 11 is 0. The molecule has 1 aromatic heterocycles. The molecular weight excluding hydrogens is 220 g/mol. The number of aromatic nitrogens is 2. The van der Waals surface area contributed by atoms with Gasteiger partial charge in [-0.1, -0.05) is 30.3 Å². The van der Waals surface area contributed by atoms with Gasteiger partial charge in [-0.15, -0.1) is 0 Å². The van der Waals surface area contributed by atoms with Crippen LogP contribution in [0.5, 0.6) is 5.75 Å². The Bertz CT molecular complexity index is 573. The van der Waals surface area contributed by atoms with E-state index in [1.165, 1.54) is 6.92 Å². The third kappa shape index (κ3) is 1.94. The molecule has 0 saturated heterocycles. The van der Waals surface area contributed by atoms with Crippen molar-refractivity contribution in [1.29, 1.82) is 0 Å². The molecule has 0 amide bonds. The van der Waals surface area contributed by atoms with Crippen LogP contribution in [0.15, 0.2) is 30.3 Å². The fourth-order valence-electron chi connectivity index (χ4n) is 1.47. The lowest BCUT2D eigenvalue weighted by Crippen LogP contribution is -2.01. The Balaban J connectivity index is 2.42. The van der Waals surface area contributed by atoms with Crippen molar-refractivity contribution in [1.82, 2.24) is 10.2 Å². The van der Waals surface area contributed by atoms with Crippen molar-refractivity contribution >= 4 is 11.6 Å². The fraction of sp³-hybridized carbons (Fsp3) is 0.0833. The van der Waals surface area contributed by atoms with Crippen LogP contribution in [0, 0.1) is 0 Å². The standard InChI is InChI=1S/C12H10N2O3/c1-7(15)9-12(17)10(14-13-9)11(16)8-5-3-2-4-6-8/h2-6,17H,1H3,(H,13,14). The molecule has 5 nitrogen and oxygen atoms in total. The van der Waals surface area contributed by atoms with E-state index in [0.717, 1.165) is 0 Å². The molecule has 0 spiro atoms. The van der Waals surface area contributed by atoms with Crippen LogP contribution >= 0.6 is 0 Å². The Labute approximate surface area is 97.1 Å². The van der Waals surface area contributed by atoms with Crippen molar-refractivity contribution in [3.8, 4) is 5.75 Å². The van der Waals surface area contributed by atoms with Crippen molar-refractivity contribution in [2.24, 2.45) is 0 Å². The van der Waals surface area contributed by atoms with Gasteiger partial charge in [-0.3, -0.25) is 14.7 Å². The lowest BCUT2D eigenvalue weighted by molar-refractivity contribution is 0.101. The average molecular weight is 230 g/mol. The summed E-state index contributed by atoms with van der Waals surface area (Å²) in [5.74, 6) is -1.19. The third-order valence-electron chi connectivity index (χ3n) is 2.34. The van der Waals surface area contributed by atoms with Crippen molar-refractivity contribution < 1.29 is 14.7 Å². The molecule has 2 aromatic rings. The molecule has 0 aliphatic carbocycles. The van der Waals surface area contributed by atoms with Gasteiger partial charge in [0.2, 0.25) is 5.78 Å². The smallest absolute Gasteiger partial charge is 0.214 e. The molecule has 0 aliphatic heterocycles. The highest BCUT2D eigenvalue weighted by Crippen LogP contribution is 2.22. The number of aromatic amines is 1. The zero-order valence-corrected chi connectivity index (χ0v) is 9.10. The van der Waals surface area contributed by atoms with E-state index in [4.69, 9.17) is 0 Å². The van der Waals surface area contributed by atoms with Crippen LogP contribution in [0.3, 0.4) is 0 Å². The molecule has 0 fully saturated rings. The maximum atomic E-state index is 12.0. The molecule has 0 aliphatic rings. The summed E-state index contributed by atoms with van der Waals surface area (Å²) in [5, 5.41) is 15.7. The van der Waals surface area contributed by atoms with Gasteiger partial charge in [0.15, 0.2) is 17.2 Å². The number of benzene rings is 1. The molecule has 0 bridgehead atoms. The van der Waals surface area contributed by atoms with Gasteiger partial charge in [-0.2, -0.15) is 5.10 Å². The van der Waals surface area contributed by atoms with Crippen molar-refractivity contribution in [3.05, 3.63) is 47.3 Å². The number of carbonyl (C=O) groups excluding carboxylic acids is 2. The van der Waals surface area contributed by atoms with Crippen LogP contribution in [0.2, 0.25) is 0 Å². The molecule has 86 valence electrons. The highest BCUT2D eigenvalue weighted by Gasteiger charge is 2.21. The van der Waals surface area contributed by atoms with Crippen molar-refractivity contribution in [2.45, 2.75) is 6.92 Å².